The summed E-state index contributed by atoms with van der Waals surface area (Å²) < 4.78 is 12.5. The molecule has 1 N–H and O–H groups in total. The molecule has 0 radical (unpaired) electrons. The zero-order valence-corrected chi connectivity index (χ0v) is 17.2. The maximum atomic E-state index is 12.8. The molecule has 0 atom stereocenters. The van der Waals surface area contributed by atoms with Crippen molar-refractivity contribution in [1.29, 1.82) is 0 Å². The second-order valence-electron chi connectivity index (χ2n) is 7.04. The Morgan fingerprint density at radius 3 is 2.32 bits per heavy atom. The minimum atomic E-state index is -0.175. The third kappa shape index (κ3) is 4.41. The predicted octanol–water partition coefficient (Wildman–Crippen LogP) is 2.89. The molecular formula is C24H23N3O4. The van der Waals surface area contributed by atoms with Crippen molar-refractivity contribution in [2.45, 2.75) is 13.1 Å². The van der Waals surface area contributed by atoms with Gasteiger partial charge in [-0.15, -0.1) is 0 Å². The quantitative estimate of drug-likeness (QED) is 0.352. The highest BCUT2D eigenvalue weighted by Crippen LogP contribution is 2.19. The molecule has 0 aliphatic heterocycles. The number of hydrogen-bond donors (Lipinski definition) is 1. The number of carbonyl (C=O) groups is 1. The third-order valence-electron chi connectivity index (χ3n) is 5.03. The molecule has 0 fully saturated rings. The minimum absolute atomic E-state index is 0.0314. The van der Waals surface area contributed by atoms with E-state index >= 15 is 0 Å². The van der Waals surface area contributed by atoms with Crippen LogP contribution in [0.1, 0.15) is 5.56 Å². The number of nitrogens with one attached hydrogen (secondary N) is 1. The fourth-order valence-electron chi connectivity index (χ4n) is 3.55. The highest BCUT2D eigenvalue weighted by atomic mass is 16.5. The van der Waals surface area contributed by atoms with Crippen LogP contribution in [0.5, 0.6) is 5.88 Å². The molecule has 7 heteroatoms. The number of benzene rings is 2. The monoisotopic (exact) mass is 417 g/mol. The first-order valence-electron chi connectivity index (χ1n) is 10.0. The van der Waals surface area contributed by atoms with Gasteiger partial charge in [-0.25, -0.2) is 4.98 Å². The van der Waals surface area contributed by atoms with Crippen LogP contribution in [-0.2, 0) is 22.6 Å². The number of amides is 1. The Hall–Kier alpha value is -3.71. The number of hydrogen-bond acceptors (Lipinski definition) is 5. The molecule has 7 nitrogen and oxygen atoms in total. The summed E-state index contributed by atoms with van der Waals surface area (Å²) in [5.41, 5.74) is 2.20. The van der Waals surface area contributed by atoms with Crippen molar-refractivity contribution >= 4 is 27.7 Å². The molecule has 158 valence electrons. The number of ether oxygens (including phenoxy) is 2. The molecular weight excluding hydrogens is 394 g/mol. The van der Waals surface area contributed by atoms with Crippen molar-refractivity contribution in [3.8, 4) is 5.88 Å². The molecule has 4 aromatic rings. The van der Waals surface area contributed by atoms with Crippen LogP contribution >= 0.6 is 0 Å². The Balaban J connectivity index is 1.57. The lowest BCUT2D eigenvalue weighted by atomic mass is 10.1. The highest BCUT2D eigenvalue weighted by Gasteiger charge is 2.13. The number of methoxy groups -OCH3 is 1. The summed E-state index contributed by atoms with van der Waals surface area (Å²) in [6, 6.07) is 18.3. The molecule has 2 heterocycles. The van der Waals surface area contributed by atoms with Gasteiger partial charge in [0.1, 0.15) is 13.2 Å². The first kappa shape index (κ1) is 20.6. The van der Waals surface area contributed by atoms with E-state index in [1.807, 2.05) is 47.0 Å². The van der Waals surface area contributed by atoms with Crippen molar-refractivity contribution in [2.75, 3.05) is 20.3 Å². The van der Waals surface area contributed by atoms with E-state index in [0.29, 0.717) is 29.9 Å². The second kappa shape index (κ2) is 9.40. The number of fused-ring (bicyclic) bond motifs is 2. The summed E-state index contributed by atoms with van der Waals surface area (Å²) in [4.78, 5) is 29.9. The van der Waals surface area contributed by atoms with Crippen molar-refractivity contribution in [3.05, 3.63) is 82.6 Å². The van der Waals surface area contributed by atoms with Gasteiger partial charge in [-0.05, 0) is 30.3 Å². The summed E-state index contributed by atoms with van der Waals surface area (Å²) in [7, 11) is 1.60. The molecule has 0 unspecified atom stereocenters. The topological polar surface area (TPSA) is 82.4 Å². The zero-order chi connectivity index (χ0) is 21.6. The molecule has 2 aromatic heterocycles. The predicted molar refractivity (Wildman–Crippen MR) is 119 cm³/mol. The van der Waals surface area contributed by atoms with Gasteiger partial charge >= 0.3 is 0 Å². The van der Waals surface area contributed by atoms with Crippen LogP contribution in [0.3, 0.4) is 0 Å². The fraction of sp³-hybridized carbons (Fsp3) is 0.208. The van der Waals surface area contributed by atoms with Gasteiger partial charge < -0.3 is 19.4 Å². The molecule has 1 amide bonds. The van der Waals surface area contributed by atoms with Gasteiger partial charge in [0.05, 0.1) is 17.6 Å². The second-order valence-corrected chi connectivity index (χ2v) is 7.04. The SMILES string of the molecule is COCCOc1ncccc1CNC(=O)Cn1c2ccccc2c(=O)c2ccccc21. The van der Waals surface area contributed by atoms with E-state index in [4.69, 9.17) is 9.47 Å². The maximum Gasteiger partial charge on any atom is 0.240 e. The molecule has 0 aliphatic carbocycles. The lowest BCUT2D eigenvalue weighted by Gasteiger charge is -2.15. The van der Waals surface area contributed by atoms with E-state index in [9.17, 15) is 9.59 Å². The van der Waals surface area contributed by atoms with Gasteiger partial charge in [0.2, 0.25) is 11.8 Å². The zero-order valence-electron chi connectivity index (χ0n) is 17.2. The van der Waals surface area contributed by atoms with Gasteiger partial charge in [0.25, 0.3) is 0 Å². The van der Waals surface area contributed by atoms with Crippen LogP contribution in [-0.4, -0.2) is 35.8 Å². The van der Waals surface area contributed by atoms with Crippen molar-refractivity contribution in [1.82, 2.24) is 14.9 Å². The summed E-state index contributed by atoms with van der Waals surface area (Å²) in [5, 5.41) is 4.12. The van der Waals surface area contributed by atoms with Gasteiger partial charge in [0.15, 0.2) is 5.43 Å². The van der Waals surface area contributed by atoms with E-state index in [1.54, 1.807) is 31.5 Å². The average Bonchev–Trinajstić information content (AvgIpc) is 2.81. The van der Waals surface area contributed by atoms with Gasteiger partial charge in [-0.3, -0.25) is 9.59 Å². The largest absolute Gasteiger partial charge is 0.475 e. The third-order valence-corrected chi connectivity index (χ3v) is 5.03. The maximum absolute atomic E-state index is 12.8. The van der Waals surface area contributed by atoms with Crippen molar-refractivity contribution < 1.29 is 14.3 Å². The Kier molecular flexibility index (Phi) is 6.24. The Labute approximate surface area is 179 Å². The first-order valence-corrected chi connectivity index (χ1v) is 10.0. The smallest absolute Gasteiger partial charge is 0.240 e. The molecule has 4 rings (SSSR count). The Morgan fingerprint density at radius 2 is 1.65 bits per heavy atom. The summed E-state index contributed by atoms with van der Waals surface area (Å²) in [6.07, 6.45) is 1.64. The molecule has 2 aromatic carbocycles. The molecule has 0 saturated carbocycles. The minimum Gasteiger partial charge on any atom is -0.475 e. The van der Waals surface area contributed by atoms with Crippen LogP contribution < -0.4 is 15.5 Å². The number of para-hydroxylation sites is 2. The van der Waals surface area contributed by atoms with E-state index < -0.39 is 0 Å². The molecule has 0 bridgehead atoms. The van der Waals surface area contributed by atoms with E-state index in [0.717, 1.165) is 16.6 Å². The highest BCUT2D eigenvalue weighted by molar-refractivity contribution is 5.94. The average molecular weight is 417 g/mol. The summed E-state index contributed by atoms with van der Waals surface area (Å²) >= 11 is 0. The lowest BCUT2D eigenvalue weighted by Crippen LogP contribution is -2.28. The fourth-order valence-corrected chi connectivity index (χ4v) is 3.55. The van der Waals surface area contributed by atoms with Crippen molar-refractivity contribution in [2.24, 2.45) is 0 Å². The normalized spacial score (nSPS) is 11.0. The number of aromatic nitrogens is 2. The van der Waals surface area contributed by atoms with E-state index in [-0.39, 0.29) is 24.4 Å². The Morgan fingerprint density at radius 1 is 0.968 bits per heavy atom. The first-order chi connectivity index (χ1) is 15.2. The van der Waals surface area contributed by atoms with Gasteiger partial charge in [-0.2, -0.15) is 0 Å². The number of nitrogens with zero attached hydrogens (tertiary/aromatic N) is 2. The van der Waals surface area contributed by atoms with Crippen LogP contribution in [0, 0.1) is 0 Å². The Bertz CT molecular complexity index is 1220. The molecule has 0 saturated heterocycles. The molecule has 31 heavy (non-hydrogen) atoms. The summed E-state index contributed by atoms with van der Waals surface area (Å²) in [5.74, 6) is 0.296. The number of carbonyl (C=O) groups excluding carboxylic acids is 1. The summed E-state index contributed by atoms with van der Waals surface area (Å²) in [6.45, 7) is 1.20. The molecule has 0 aliphatic rings. The van der Waals surface area contributed by atoms with Crippen LogP contribution in [0.15, 0.2) is 71.7 Å². The molecule has 0 spiro atoms. The van der Waals surface area contributed by atoms with Gasteiger partial charge in [-0.1, -0.05) is 30.3 Å². The number of rotatable bonds is 8. The van der Waals surface area contributed by atoms with Crippen LogP contribution in [0.4, 0.5) is 0 Å². The van der Waals surface area contributed by atoms with E-state index in [1.165, 1.54) is 0 Å². The van der Waals surface area contributed by atoms with Crippen LogP contribution in [0.25, 0.3) is 21.8 Å². The van der Waals surface area contributed by atoms with Crippen LogP contribution in [0.2, 0.25) is 0 Å². The van der Waals surface area contributed by atoms with Gasteiger partial charge in [0, 0.05) is 36.2 Å². The standard InChI is InChI=1S/C24H23N3O4/c1-30-13-14-31-24-17(7-6-12-25-24)15-26-22(28)16-27-20-10-4-2-8-18(20)23(29)19-9-3-5-11-21(19)27/h2-12H,13-16H2,1H3,(H,26,28). The van der Waals surface area contributed by atoms with E-state index in [2.05, 4.69) is 10.3 Å². The lowest BCUT2D eigenvalue weighted by molar-refractivity contribution is -0.121. The number of pyridine rings is 2. The van der Waals surface area contributed by atoms with Crippen molar-refractivity contribution in [3.63, 3.8) is 0 Å².